The fraction of sp³-hybridized carbons (Fsp3) is 0.231. The molecule has 0 bridgehead atoms. The molecule has 1 aromatic carbocycles. The minimum atomic E-state index is -0.972. The molecule has 0 aliphatic rings. The number of hydrogen-bond acceptors (Lipinski definition) is 3. The Morgan fingerprint density at radius 1 is 1.39 bits per heavy atom. The molecule has 1 aromatic rings. The highest BCUT2D eigenvalue weighted by molar-refractivity contribution is 5.87. The average molecular weight is 249 g/mol. The Morgan fingerprint density at radius 2 is 2.00 bits per heavy atom. The van der Waals surface area contributed by atoms with Gasteiger partial charge in [-0.15, -0.1) is 0 Å². The van der Waals surface area contributed by atoms with E-state index in [9.17, 15) is 9.59 Å². The number of carbonyl (C=O) groups is 2. The van der Waals surface area contributed by atoms with Crippen molar-refractivity contribution in [3.05, 3.63) is 48.0 Å². The topological polar surface area (TPSA) is 66.8 Å². The van der Waals surface area contributed by atoms with Crippen LogP contribution in [0, 0.1) is 0 Å². The van der Waals surface area contributed by atoms with Crippen LogP contribution in [0.25, 0.3) is 0 Å². The summed E-state index contributed by atoms with van der Waals surface area (Å²) in [6.45, 7) is 3.98. The first-order chi connectivity index (χ1) is 8.54. The van der Waals surface area contributed by atoms with Gasteiger partial charge in [0, 0.05) is 13.6 Å². The number of nitrogens with zero attached hydrogens (tertiary/aromatic N) is 1. The molecular formula is C13H15NO4. The van der Waals surface area contributed by atoms with Crippen LogP contribution in [0.1, 0.15) is 15.9 Å². The van der Waals surface area contributed by atoms with E-state index in [1.165, 1.54) is 23.1 Å². The maximum absolute atomic E-state index is 11.4. The van der Waals surface area contributed by atoms with Gasteiger partial charge in [0.1, 0.15) is 6.61 Å². The van der Waals surface area contributed by atoms with Crippen molar-refractivity contribution in [3.8, 4) is 0 Å². The van der Waals surface area contributed by atoms with Crippen LogP contribution in [0.4, 0.5) is 4.79 Å². The number of hydrogen-bond donors (Lipinski definition) is 1. The van der Waals surface area contributed by atoms with Crippen molar-refractivity contribution >= 4 is 12.1 Å². The van der Waals surface area contributed by atoms with Crippen LogP contribution < -0.4 is 0 Å². The number of carbonyl (C=O) groups excluding carboxylic acids is 1. The summed E-state index contributed by atoms with van der Waals surface area (Å²) in [4.78, 5) is 23.5. The van der Waals surface area contributed by atoms with Crippen molar-refractivity contribution in [2.45, 2.75) is 6.54 Å². The third kappa shape index (κ3) is 3.93. The highest BCUT2D eigenvalue weighted by atomic mass is 16.6. The Hall–Kier alpha value is -2.30. The molecule has 0 unspecified atom stereocenters. The lowest BCUT2D eigenvalue weighted by atomic mass is 10.1. The predicted molar refractivity (Wildman–Crippen MR) is 66.4 cm³/mol. The SMILES string of the molecule is C=CCOC(=O)N(C)Cc1ccc(C(=O)O)cc1. The summed E-state index contributed by atoms with van der Waals surface area (Å²) in [5.41, 5.74) is 1.05. The number of carboxylic acids is 1. The Labute approximate surface area is 105 Å². The maximum Gasteiger partial charge on any atom is 0.410 e. The molecule has 0 heterocycles. The van der Waals surface area contributed by atoms with Crippen LogP contribution >= 0.6 is 0 Å². The second kappa shape index (κ2) is 6.44. The zero-order valence-corrected chi connectivity index (χ0v) is 10.1. The molecule has 96 valence electrons. The van der Waals surface area contributed by atoms with E-state index in [1.54, 1.807) is 19.2 Å². The molecule has 1 amide bonds. The van der Waals surface area contributed by atoms with Gasteiger partial charge in [-0.25, -0.2) is 9.59 Å². The van der Waals surface area contributed by atoms with Crippen LogP contribution in [-0.4, -0.2) is 35.7 Å². The van der Waals surface area contributed by atoms with Crippen LogP contribution in [0.2, 0.25) is 0 Å². The minimum Gasteiger partial charge on any atom is -0.478 e. The van der Waals surface area contributed by atoms with Gasteiger partial charge >= 0.3 is 12.1 Å². The first kappa shape index (κ1) is 13.8. The van der Waals surface area contributed by atoms with Gasteiger partial charge in [-0.3, -0.25) is 0 Å². The van der Waals surface area contributed by atoms with Crippen LogP contribution in [0.5, 0.6) is 0 Å². The van der Waals surface area contributed by atoms with E-state index >= 15 is 0 Å². The average Bonchev–Trinajstić information content (AvgIpc) is 2.36. The highest BCUT2D eigenvalue weighted by Crippen LogP contribution is 2.07. The van der Waals surface area contributed by atoms with Gasteiger partial charge in [0.2, 0.25) is 0 Å². The van der Waals surface area contributed by atoms with E-state index < -0.39 is 12.1 Å². The fourth-order valence-corrected chi connectivity index (χ4v) is 1.33. The highest BCUT2D eigenvalue weighted by Gasteiger charge is 2.10. The van der Waals surface area contributed by atoms with E-state index in [0.29, 0.717) is 6.54 Å². The van der Waals surface area contributed by atoms with Crippen LogP contribution in [0.15, 0.2) is 36.9 Å². The zero-order valence-electron chi connectivity index (χ0n) is 10.1. The Balaban J connectivity index is 2.58. The predicted octanol–water partition coefficient (Wildman–Crippen LogP) is 2.14. The van der Waals surface area contributed by atoms with Crippen molar-refractivity contribution in [2.24, 2.45) is 0 Å². The quantitative estimate of drug-likeness (QED) is 0.812. The van der Waals surface area contributed by atoms with Gasteiger partial charge in [0.25, 0.3) is 0 Å². The number of benzene rings is 1. The fourth-order valence-electron chi connectivity index (χ4n) is 1.33. The molecule has 0 fully saturated rings. The lowest BCUT2D eigenvalue weighted by Gasteiger charge is -2.16. The van der Waals surface area contributed by atoms with Crippen molar-refractivity contribution in [1.29, 1.82) is 0 Å². The molecular weight excluding hydrogens is 234 g/mol. The Bertz CT molecular complexity index is 439. The molecule has 0 aliphatic heterocycles. The molecule has 1 rings (SSSR count). The number of carboxylic acid groups (broad SMARTS) is 1. The number of ether oxygens (including phenoxy) is 1. The first-order valence-electron chi connectivity index (χ1n) is 5.35. The second-order valence-electron chi connectivity index (χ2n) is 3.72. The van der Waals surface area contributed by atoms with Gasteiger partial charge < -0.3 is 14.7 Å². The largest absolute Gasteiger partial charge is 0.478 e. The molecule has 0 aromatic heterocycles. The third-order valence-corrected chi connectivity index (χ3v) is 2.26. The normalized spacial score (nSPS) is 9.61. The van der Waals surface area contributed by atoms with Crippen molar-refractivity contribution in [3.63, 3.8) is 0 Å². The summed E-state index contributed by atoms with van der Waals surface area (Å²) in [6.07, 6.45) is 1.05. The molecule has 0 atom stereocenters. The summed E-state index contributed by atoms with van der Waals surface area (Å²) in [5.74, 6) is -0.972. The lowest BCUT2D eigenvalue weighted by molar-refractivity contribution is 0.0696. The van der Waals surface area contributed by atoms with E-state index in [0.717, 1.165) is 5.56 Å². The lowest BCUT2D eigenvalue weighted by Crippen LogP contribution is -2.27. The second-order valence-corrected chi connectivity index (χ2v) is 3.72. The molecule has 0 aliphatic carbocycles. The zero-order chi connectivity index (χ0) is 13.5. The summed E-state index contributed by atoms with van der Waals surface area (Å²) in [7, 11) is 1.61. The van der Waals surface area contributed by atoms with Gasteiger partial charge in [0.05, 0.1) is 5.56 Å². The standard InChI is InChI=1S/C13H15NO4/c1-3-8-18-13(17)14(2)9-10-4-6-11(7-5-10)12(15)16/h3-7H,1,8-9H2,2H3,(H,15,16). The smallest absolute Gasteiger partial charge is 0.410 e. The summed E-state index contributed by atoms with van der Waals surface area (Å²) in [6, 6.07) is 6.34. The molecule has 5 heteroatoms. The van der Waals surface area contributed by atoms with Crippen molar-refractivity contribution in [1.82, 2.24) is 4.90 Å². The molecule has 0 saturated carbocycles. The molecule has 0 spiro atoms. The van der Waals surface area contributed by atoms with Crippen molar-refractivity contribution < 1.29 is 19.4 Å². The Kier molecular flexibility index (Phi) is 4.92. The summed E-state index contributed by atoms with van der Waals surface area (Å²) >= 11 is 0. The summed E-state index contributed by atoms with van der Waals surface area (Å²) < 4.78 is 4.86. The van der Waals surface area contributed by atoms with Crippen molar-refractivity contribution in [2.75, 3.05) is 13.7 Å². The third-order valence-electron chi connectivity index (χ3n) is 2.26. The summed E-state index contributed by atoms with van der Waals surface area (Å²) in [5, 5.41) is 8.75. The van der Waals surface area contributed by atoms with Gasteiger partial charge in [-0.1, -0.05) is 24.8 Å². The molecule has 5 nitrogen and oxygen atoms in total. The van der Waals surface area contributed by atoms with E-state index in [2.05, 4.69) is 6.58 Å². The van der Waals surface area contributed by atoms with Gasteiger partial charge in [-0.05, 0) is 17.7 Å². The number of aromatic carboxylic acids is 1. The van der Waals surface area contributed by atoms with Gasteiger partial charge in [0.15, 0.2) is 0 Å². The van der Waals surface area contributed by atoms with Crippen LogP contribution in [-0.2, 0) is 11.3 Å². The number of rotatable bonds is 5. The first-order valence-corrected chi connectivity index (χ1v) is 5.35. The van der Waals surface area contributed by atoms with Gasteiger partial charge in [-0.2, -0.15) is 0 Å². The Morgan fingerprint density at radius 3 is 2.50 bits per heavy atom. The molecule has 0 radical (unpaired) electrons. The monoisotopic (exact) mass is 249 g/mol. The molecule has 0 saturated heterocycles. The minimum absolute atomic E-state index is 0.168. The number of amides is 1. The van der Waals surface area contributed by atoms with E-state index in [-0.39, 0.29) is 12.2 Å². The molecule has 1 N–H and O–H groups in total. The van der Waals surface area contributed by atoms with E-state index in [1.807, 2.05) is 0 Å². The van der Waals surface area contributed by atoms with Crippen LogP contribution in [0.3, 0.4) is 0 Å². The van der Waals surface area contributed by atoms with E-state index in [4.69, 9.17) is 9.84 Å². The maximum atomic E-state index is 11.4. The molecule has 18 heavy (non-hydrogen) atoms.